The number of sulfonamides is 1. The molecule has 0 spiro atoms. The summed E-state index contributed by atoms with van der Waals surface area (Å²) in [6.45, 7) is 7.19. The van der Waals surface area contributed by atoms with Crippen molar-refractivity contribution in [3.05, 3.63) is 0 Å². The summed E-state index contributed by atoms with van der Waals surface area (Å²) in [4.78, 5) is 18.7. The number of carbonyl (C=O) groups excluding carboxylic acids is 1. The van der Waals surface area contributed by atoms with E-state index in [0.29, 0.717) is 37.9 Å². The van der Waals surface area contributed by atoms with Crippen LogP contribution in [0.25, 0.3) is 0 Å². The zero-order valence-corrected chi connectivity index (χ0v) is 18.3. The minimum absolute atomic E-state index is 0.290. The van der Waals surface area contributed by atoms with Crippen LogP contribution in [-0.2, 0) is 14.8 Å². The molecule has 0 atom stereocenters. The van der Waals surface area contributed by atoms with Gasteiger partial charge in [-0.2, -0.15) is 0 Å². The molecule has 162 valence electrons. The molecular weight excluding hydrogens is 378 g/mol. The van der Waals surface area contributed by atoms with Gasteiger partial charge in [0.1, 0.15) is 0 Å². The van der Waals surface area contributed by atoms with Crippen LogP contribution in [-0.4, -0.2) is 81.6 Å². The van der Waals surface area contributed by atoms with E-state index >= 15 is 0 Å². The molecule has 0 radical (unpaired) electrons. The quantitative estimate of drug-likeness (QED) is 0.350. The van der Waals surface area contributed by atoms with Gasteiger partial charge in [0.05, 0.1) is 6.26 Å². The third-order valence-corrected chi connectivity index (χ3v) is 6.77. The first kappa shape index (κ1) is 22.9. The molecule has 2 heterocycles. The SMILES string of the molecule is CCNC(=NCC1CCN(S(C)(=O)=O)CC1)NCCCN1CCCCCC1=O. The fraction of sp³-hybridized carbons (Fsp3) is 0.895. The molecule has 2 fully saturated rings. The smallest absolute Gasteiger partial charge is 0.222 e. The van der Waals surface area contributed by atoms with Crippen molar-refractivity contribution in [2.75, 3.05) is 52.1 Å². The Morgan fingerprint density at radius 1 is 1.14 bits per heavy atom. The van der Waals surface area contributed by atoms with Crippen LogP contribution in [0, 0.1) is 5.92 Å². The largest absolute Gasteiger partial charge is 0.357 e. The standard InChI is InChI=1S/C19H37N5O3S/c1-3-20-19(21-11-7-13-23-12-6-4-5-8-18(23)25)22-16-17-9-14-24(15-10-17)28(2,26)27/h17H,3-16H2,1-2H3,(H2,20,21,22). The monoisotopic (exact) mass is 415 g/mol. The van der Waals surface area contributed by atoms with Gasteiger partial charge in [-0.05, 0) is 44.9 Å². The van der Waals surface area contributed by atoms with Gasteiger partial charge >= 0.3 is 0 Å². The first-order valence-electron chi connectivity index (χ1n) is 10.6. The lowest BCUT2D eigenvalue weighted by Crippen LogP contribution is -2.41. The predicted octanol–water partition coefficient (Wildman–Crippen LogP) is 1.01. The number of nitrogens with zero attached hydrogens (tertiary/aromatic N) is 3. The Balaban J connectivity index is 1.71. The van der Waals surface area contributed by atoms with Gasteiger partial charge in [0.15, 0.2) is 5.96 Å². The second-order valence-corrected chi connectivity index (χ2v) is 9.78. The predicted molar refractivity (Wildman–Crippen MR) is 113 cm³/mol. The average molecular weight is 416 g/mol. The number of rotatable bonds is 8. The van der Waals surface area contributed by atoms with Gasteiger partial charge in [-0.15, -0.1) is 0 Å². The topological polar surface area (TPSA) is 94.1 Å². The highest BCUT2D eigenvalue weighted by molar-refractivity contribution is 7.88. The van der Waals surface area contributed by atoms with Crippen LogP contribution in [0.2, 0.25) is 0 Å². The lowest BCUT2D eigenvalue weighted by molar-refractivity contribution is -0.130. The van der Waals surface area contributed by atoms with Crippen LogP contribution in [0.3, 0.4) is 0 Å². The summed E-state index contributed by atoms with van der Waals surface area (Å²) in [7, 11) is -3.07. The van der Waals surface area contributed by atoms with E-state index in [0.717, 1.165) is 70.7 Å². The van der Waals surface area contributed by atoms with Crippen LogP contribution < -0.4 is 10.6 Å². The molecule has 2 N–H and O–H groups in total. The molecule has 0 aromatic heterocycles. The van der Waals surface area contributed by atoms with Crippen molar-refractivity contribution in [1.29, 1.82) is 0 Å². The number of hydrogen-bond acceptors (Lipinski definition) is 4. The van der Waals surface area contributed by atoms with E-state index in [9.17, 15) is 13.2 Å². The Hall–Kier alpha value is -1.35. The summed E-state index contributed by atoms with van der Waals surface area (Å²) in [5.41, 5.74) is 0. The molecule has 0 aromatic rings. The van der Waals surface area contributed by atoms with Gasteiger partial charge in [0, 0.05) is 52.2 Å². The fourth-order valence-electron chi connectivity index (χ4n) is 3.74. The van der Waals surface area contributed by atoms with Crippen LogP contribution >= 0.6 is 0 Å². The zero-order valence-electron chi connectivity index (χ0n) is 17.5. The van der Waals surface area contributed by atoms with Gasteiger partial charge in [-0.1, -0.05) is 6.42 Å². The van der Waals surface area contributed by atoms with Gasteiger partial charge in [0.2, 0.25) is 15.9 Å². The summed E-state index contributed by atoms with van der Waals surface area (Å²) < 4.78 is 24.8. The Labute approximate surface area is 170 Å². The molecule has 8 nitrogen and oxygen atoms in total. The number of guanidine groups is 1. The highest BCUT2D eigenvalue weighted by Gasteiger charge is 2.24. The average Bonchev–Trinajstić information content (AvgIpc) is 2.87. The second kappa shape index (κ2) is 11.6. The van der Waals surface area contributed by atoms with E-state index in [1.807, 2.05) is 11.8 Å². The summed E-state index contributed by atoms with van der Waals surface area (Å²) >= 11 is 0. The third kappa shape index (κ3) is 7.95. The molecular formula is C19H37N5O3S. The van der Waals surface area contributed by atoms with E-state index < -0.39 is 10.0 Å². The molecule has 1 amide bonds. The lowest BCUT2D eigenvalue weighted by atomic mass is 9.98. The van der Waals surface area contributed by atoms with Crippen molar-refractivity contribution < 1.29 is 13.2 Å². The molecule has 2 aliphatic rings. The number of piperidine rings is 1. The third-order valence-electron chi connectivity index (χ3n) is 5.46. The minimum atomic E-state index is -3.07. The minimum Gasteiger partial charge on any atom is -0.357 e. The number of aliphatic imine (C=N–C) groups is 1. The highest BCUT2D eigenvalue weighted by Crippen LogP contribution is 2.19. The normalized spacial score (nSPS) is 20.9. The highest BCUT2D eigenvalue weighted by atomic mass is 32.2. The van der Waals surface area contributed by atoms with Crippen molar-refractivity contribution in [1.82, 2.24) is 19.8 Å². The Morgan fingerprint density at radius 2 is 1.89 bits per heavy atom. The van der Waals surface area contributed by atoms with Gasteiger partial charge < -0.3 is 15.5 Å². The number of nitrogens with one attached hydrogen (secondary N) is 2. The molecule has 0 unspecified atom stereocenters. The summed E-state index contributed by atoms with van der Waals surface area (Å²) in [5.74, 6) is 1.51. The van der Waals surface area contributed by atoms with Crippen LogP contribution in [0.1, 0.15) is 51.9 Å². The summed E-state index contributed by atoms with van der Waals surface area (Å²) in [5, 5.41) is 6.62. The molecule has 0 aromatic carbocycles. The van der Waals surface area contributed by atoms with E-state index in [2.05, 4.69) is 15.6 Å². The van der Waals surface area contributed by atoms with Crippen LogP contribution in [0.4, 0.5) is 0 Å². The van der Waals surface area contributed by atoms with E-state index in [-0.39, 0.29) is 0 Å². The van der Waals surface area contributed by atoms with Crippen molar-refractivity contribution >= 4 is 21.9 Å². The van der Waals surface area contributed by atoms with Crippen molar-refractivity contribution in [2.24, 2.45) is 10.9 Å². The van der Waals surface area contributed by atoms with E-state index in [4.69, 9.17) is 0 Å². The molecule has 0 bridgehead atoms. The molecule has 28 heavy (non-hydrogen) atoms. The maximum Gasteiger partial charge on any atom is 0.222 e. The number of carbonyl (C=O) groups is 1. The molecule has 0 saturated carbocycles. The zero-order chi connectivity index (χ0) is 20.4. The molecule has 2 saturated heterocycles. The van der Waals surface area contributed by atoms with Gasteiger partial charge in [-0.3, -0.25) is 9.79 Å². The van der Waals surface area contributed by atoms with Crippen molar-refractivity contribution in [3.63, 3.8) is 0 Å². The molecule has 9 heteroatoms. The number of likely N-dealkylation sites (tertiary alicyclic amines) is 1. The van der Waals surface area contributed by atoms with Crippen molar-refractivity contribution in [3.8, 4) is 0 Å². The molecule has 0 aliphatic carbocycles. The first-order chi connectivity index (χ1) is 13.4. The maximum absolute atomic E-state index is 12.0. The van der Waals surface area contributed by atoms with E-state index in [1.165, 1.54) is 6.26 Å². The summed E-state index contributed by atoms with van der Waals surface area (Å²) in [6, 6.07) is 0. The molecule has 2 rings (SSSR count). The lowest BCUT2D eigenvalue weighted by Gasteiger charge is -2.29. The Bertz CT molecular complexity index is 615. The van der Waals surface area contributed by atoms with Crippen LogP contribution in [0.5, 0.6) is 0 Å². The Morgan fingerprint density at radius 3 is 2.57 bits per heavy atom. The second-order valence-electron chi connectivity index (χ2n) is 7.80. The van der Waals surface area contributed by atoms with Gasteiger partial charge in [-0.25, -0.2) is 12.7 Å². The number of hydrogen-bond donors (Lipinski definition) is 2. The van der Waals surface area contributed by atoms with Crippen LogP contribution in [0.15, 0.2) is 4.99 Å². The van der Waals surface area contributed by atoms with Gasteiger partial charge in [0.25, 0.3) is 0 Å². The number of amides is 1. The summed E-state index contributed by atoms with van der Waals surface area (Å²) in [6.07, 6.45) is 7.87. The van der Waals surface area contributed by atoms with Crippen molar-refractivity contribution in [2.45, 2.75) is 51.9 Å². The fourth-order valence-corrected chi connectivity index (χ4v) is 4.61. The molecule has 2 aliphatic heterocycles. The Kier molecular flexibility index (Phi) is 9.50. The van der Waals surface area contributed by atoms with E-state index in [1.54, 1.807) is 4.31 Å². The first-order valence-corrected chi connectivity index (χ1v) is 12.5. The maximum atomic E-state index is 12.0.